The smallest absolute Gasteiger partial charge is 0.790 e. The summed E-state index contributed by atoms with van der Waals surface area (Å²) in [6.07, 6.45) is 0. The van der Waals surface area contributed by atoms with Crippen molar-refractivity contribution in [3.63, 3.8) is 0 Å². The molecule has 0 radical (unpaired) electrons. The number of hydrogen-bond donors (Lipinski definition) is 5. The van der Waals surface area contributed by atoms with E-state index in [0.29, 0.717) is 0 Å². The largest absolute Gasteiger partial charge is 2.00 e. The first-order valence-corrected chi connectivity index (χ1v) is 7.12. The molecule has 5 N–H and O–H groups in total. The van der Waals surface area contributed by atoms with Gasteiger partial charge in [0.15, 0.2) is 0 Å². The standard InChI is InChI=1S/Mg.Na.H4O7P2.H4O4Si/c;;1-8(2,3)7-9(4,5)6;1-5(2,3)4/h;;(H2,1,2,3)(H2,4,5,6);1-4H/q+2;+1;;/p-3. The summed E-state index contributed by atoms with van der Waals surface area (Å²) in [4.78, 5) is 65.0. The van der Waals surface area contributed by atoms with Gasteiger partial charge < -0.3 is 43.3 Å². The summed E-state index contributed by atoms with van der Waals surface area (Å²) in [5, 5.41) is 0. The SMILES string of the molecule is O=P([O-])([O-])OP(=O)([O-])O.O[Si](O)(O)O.[Mg+2].[Na+]. The van der Waals surface area contributed by atoms with Crippen LogP contribution < -0.4 is 44.2 Å². The molecule has 0 saturated heterocycles. The molecule has 0 bridgehead atoms. The van der Waals surface area contributed by atoms with Crippen molar-refractivity contribution in [1.29, 1.82) is 0 Å². The summed E-state index contributed by atoms with van der Waals surface area (Å²) in [5.74, 6) is 0. The molecule has 16 heteroatoms. The fourth-order valence-corrected chi connectivity index (χ4v) is 1.14. The second kappa shape index (κ2) is 9.94. The van der Waals surface area contributed by atoms with E-state index in [4.69, 9.17) is 24.1 Å². The van der Waals surface area contributed by atoms with Crippen LogP contribution in [0.5, 0.6) is 0 Å². The molecule has 88 valence electrons. The summed E-state index contributed by atoms with van der Waals surface area (Å²) in [7, 11) is -15.6. The van der Waals surface area contributed by atoms with Gasteiger partial charge in [0, 0.05) is 0 Å². The van der Waals surface area contributed by atoms with E-state index in [2.05, 4.69) is 4.31 Å². The summed E-state index contributed by atoms with van der Waals surface area (Å²) in [6, 6.07) is 0. The van der Waals surface area contributed by atoms with Crippen LogP contribution in [0.4, 0.5) is 0 Å². The van der Waals surface area contributed by atoms with Crippen LogP contribution in [-0.2, 0) is 13.4 Å². The molecule has 0 heterocycles. The Morgan fingerprint density at radius 3 is 1.19 bits per heavy atom. The summed E-state index contributed by atoms with van der Waals surface area (Å²) in [5.41, 5.74) is 0. The third-order valence-electron chi connectivity index (χ3n) is 0.203. The van der Waals surface area contributed by atoms with Gasteiger partial charge in [-0.2, -0.15) is 0 Å². The van der Waals surface area contributed by atoms with Crippen molar-refractivity contribution in [2.45, 2.75) is 0 Å². The molecule has 0 aliphatic carbocycles. The van der Waals surface area contributed by atoms with Crippen LogP contribution in [-0.4, -0.2) is 56.2 Å². The molecule has 1 atom stereocenters. The van der Waals surface area contributed by atoms with Crippen LogP contribution in [0.1, 0.15) is 0 Å². The molecule has 0 aromatic heterocycles. The van der Waals surface area contributed by atoms with E-state index < -0.39 is 24.7 Å². The predicted molar refractivity (Wildman–Crippen MR) is 38.9 cm³/mol. The zero-order valence-corrected chi connectivity index (χ0v) is 14.0. The Morgan fingerprint density at radius 2 is 1.19 bits per heavy atom. The molecule has 1 unspecified atom stereocenters. The average molecular weight is 318 g/mol. The first-order valence-electron chi connectivity index (χ1n) is 2.37. The maximum absolute atomic E-state index is 9.44. The Morgan fingerprint density at radius 1 is 1.00 bits per heavy atom. The average Bonchev–Trinajstić information content (AvgIpc) is 1.42. The van der Waals surface area contributed by atoms with Crippen LogP contribution in [0.25, 0.3) is 0 Å². The van der Waals surface area contributed by atoms with Crippen molar-refractivity contribution in [3.8, 4) is 0 Å². The number of rotatable bonds is 2. The molecular weight excluding hydrogens is 313 g/mol. The van der Waals surface area contributed by atoms with Crippen LogP contribution in [0.2, 0.25) is 0 Å². The van der Waals surface area contributed by atoms with Crippen LogP contribution in [0.3, 0.4) is 0 Å². The fourth-order valence-electron chi connectivity index (χ4n) is 0.126. The van der Waals surface area contributed by atoms with Crippen LogP contribution >= 0.6 is 15.6 Å². The van der Waals surface area contributed by atoms with E-state index in [1.807, 2.05) is 0 Å². The van der Waals surface area contributed by atoms with Crippen LogP contribution in [0.15, 0.2) is 0 Å². The molecule has 11 nitrogen and oxygen atoms in total. The molecular formula is H5MgNaO11P2Si. The van der Waals surface area contributed by atoms with E-state index in [1.54, 1.807) is 0 Å². The van der Waals surface area contributed by atoms with Gasteiger partial charge in [-0.3, -0.25) is 8.88 Å². The Kier molecular flexibility index (Phi) is 16.5. The molecule has 0 rings (SSSR count). The number of phosphoric acid groups is 2. The predicted octanol–water partition coefficient (Wildman–Crippen LogP) is -8.69. The second-order valence-corrected chi connectivity index (χ2v) is 5.28. The van der Waals surface area contributed by atoms with Gasteiger partial charge in [-0.1, -0.05) is 0 Å². The van der Waals surface area contributed by atoms with Gasteiger partial charge in [0.05, 0.1) is 7.82 Å². The minimum atomic E-state index is -5.61. The molecule has 0 fully saturated rings. The minimum Gasteiger partial charge on any atom is -0.790 e. The topological polar surface area (TPSA) is 214 Å². The van der Waals surface area contributed by atoms with Crippen molar-refractivity contribution in [2.24, 2.45) is 0 Å². The van der Waals surface area contributed by atoms with Gasteiger partial charge >= 0.3 is 61.7 Å². The molecule has 0 aromatic rings. The summed E-state index contributed by atoms with van der Waals surface area (Å²) < 4.78 is 21.4. The second-order valence-electron chi connectivity index (χ2n) is 1.60. The van der Waals surface area contributed by atoms with Crippen molar-refractivity contribution in [2.75, 3.05) is 0 Å². The van der Waals surface area contributed by atoms with Crippen molar-refractivity contribution in [1.82, 2.24) is 0 Å². The maximum atomic E-state index is 9.44. The zero-order chi connectivity index (χ0) is 12.2. The normalized spacial score (nSPS) is 14.5. The van der Waals surface area contributed by atoms with Gasteiger partial charge in [-0.25, -0.2) is 0 Å². The third-order valence-corrected chi connectivity index (χ3v) is 1.83. The minimum absolute atomic E-state index is 0. The van der Waals surface area contributed by atoms with E-state index in [-0.39, 0.29) is 52.6 Å². The molecule has 0 saturated carbocycles. The van der Waals surface area contributed by atoms with E-state index >= 15 is 0 Å². The molecule has 0 aromatic carbocycles. The summed E-state index contributed by atoms with van der Waals surface area (Å²) in [6.45, 7) is 0. The first-order chi connectivity index (χ1) is 5.71. The zero-order valence-electron chi connectivity index (χ0n) is 7.79. The Bertz CT molecular complexity index is 221. The molecule has 0 spiro atoms. The van der Waals surface area contributed by atoms with Gasteiger partial charge in [0.2, 0.25) is 0 Å². The Hall–Kier alpha value is 2.08. The van der Waals surface area contributed by atoms with Crippen molar-refractivity contribution >= 4 is 47.7 Å². The van der Waals surface area contributed by atoms with Gasteiger partial charge in [-0.15, -0.1) is 0 Å². The number of hydrogen-bond acceptors (Lipinski definition) is 10. The maximum Gasteiger partial charge on any atom is 2.00 e. The monoisotopic (exact) mass is 318 g/mol. The van der Waals surface area contributed by atoms with Crippen molar-refractivity contribution in [3.05, 3.63) is 0 Å². The first kappa shape index (κ1) is 26.6. The van der Waals surface area contributed by atoms with Crippen LogP contribution in [0, 0.1) is 0 Å². The van der Waals surface area contributed by atoms with E-state index in [0.717, 1.165) is 0 Å². The molecule has 0 aliphatic rings. The summed E-state index contributed by atoms with van der Waals surface area (Å²) >= 11 is 0. The van der Waals surface area contributed by atoms with Gasteiger partial charge in [0.25, 0.3) is 7.82 Å². The quantitative estimate of drug-likeness (QED) is 0.238. The fraction of sp³-hybridized carbons (Fsp3) is 0. The molecule has 16 heavy (non-hydrogen) atoms. The van der Waals surface area contributed by atoms with E-state index in [1.165, 1.54) is 0 Å². The molecule has 0 aliphatic heterocycles. The Balaban J connectivity index is -0.0000000904. The molecule has 0 amide bonds. The van der Waals surface area contributed by atoms with Crippen molar-refractivity contribution < 1.29 is 81.8 Å². The van der Waals surface area contributed by atoms with Gasteiger partial charge in [-0.05, 0) is 0 Å². The van der Waals surface area contributed by atoms with E-state index in [9.17, 15) is 23.8 Å². The third kappa shape index (κ3) is 56.0. The van der Waals surface area contributed by atoms with Gasteiger partial charge in [0.1, 0.15) is 0 Å². The Labute approximate surface area is 129 Å².